The molecule has 0 aliphatic carbocycles. The molecule has 7 heteroatoms. The average Bonchev–Trinajstić information content (AvgIpc) is 3.28. The second-order valence-electron chi connectivity index (χ2n) is 7.55. The first-order valence-electron chi connectivity index (χ1n) is 10.4. The Morgan fingerprint density at radius 3 is 2.39 bits per heavy atom. The summed E-state index contributed by atoms with van der Waals surface area (Å²) in [5, 5.41) is 3.18. The van der Waals surface area contributed by atoms with Crippen molar-refractivity contribution in [3.8, 4) is 22.1 Å². The molecule has 162 valence electrons. The van der Waals surface area contributed by atoms with Crippen LogP contribution in [0.4, 0.5) is 0 Å². The standard InChI is InChI=1S/C24H27N3O3S/c1-18(30-22-10-8-21(29-2)9-11-22)24(28)27-14-12-26(13-15-27)16-20-17-31-23(25-20)19-6-4-3-5-7-19/h3-11,17-18H,12-16H2,1-2H3/t18-/m0/s1. The van der Waals surface area contributed by atoms with E-state index >= 15 is 0 Å². The zero-order valence-corrected chi connectivity index (χ0v) is 18.7. The molecule has 1 fully saturated rings. The first-order chi connectivity index (χ1) is 15.1. The maximum absolute atomic E-state index is 12.8. The minimum Gasteiger partial charge on any atom is -0.497 e. The van der Waals surface area contributed by atoms with E-state index in [4.69, 9.17) is 14.5 Å². The fourth-order valence-electron chi connectivity index (χ4n) is 3.61. The van der Waals surface area contributed by atoms with Gasteiger partial charge in [-0.1, -0.05) is 30.3 Å². The molecule has 31 heavy (non-hydrogen) atoms. The van der Waals surface area contributed by atoms with Crippen molar-refractivity contribution >= 4 is 17.2 Å². The Morgan fingerprint density at radius 1 is 1.03 bits per heavy atom. The van der Waals surface area contributed by atoms with Gasteiger partial charge in [0.1, 0.15) is 16.5 Å². The topological polar surface area (TPSA) is 54.9 Å². The van der Waals surface area contributed by atoms with Gasteiger partial charge in [-0.05, 0) is 31.2 Å². The number of carbonyl (C=O) groups is 1. The molecule has 2 aromatic carbocycles. The number of methoxy groups -OCH3 is 1. The molecule has 0 radical (unpaired) electrons. The Morgan fingerprint density at radius 2 is 1.71 bits per heavy atom. The van der Waals surface area contributed by atoms with Gasteiger partial charge in [-0.25, -0.2) is 4.98 Å². The summed E-state index contributed by atoms with van der Waals surface area (Å²) in [6, 6.07) is 17.5. The Kier molecular flexibility index (Phi) is 6.84. The zero-order valence-electron chi connectivity index (χ0n) is 17.9. The smallest absolute Gasteiger partial charge is 0.263 e. The highest BCUT2D eigenvalue weighted by molar-refractivity contribution is 7.13. The first kappa shape index (κ1) is 21.3. The SMILES string of the molecule is COc1ccc(O[C@@H](C)C(=O)N2CCN(Cc3csc(-c4ccccc4)n3)CC2)cc1. The van der Waals surface area contributed by atoms with Crippen LogP contribution in [0.15, 0.2) is 60.0 Å². The number of aromatic nitrogens is 1. The van der Waals surface area contributed by atoms with Gasteiger partial charge in [-0.2, -0.15) is 0 Å². The van der Waals surface area contributed by atoms with Crippen molar-refractivity contribution in [2.24, 2.45) is 0 Å². The summed E-state index contributed by atoms with van der Waals surface area (Å²) >= 11 is 1.68. The minimum absolute atomic E-state index is 0.0236. The third-order valence-electron chi connectivity index (χ3n) is 5.36. The molecule has 1 aliphatic heterocycles. The summed E-state index contributed by atoms with van der Waals surface area (Å²) in [5.74, 6) is 1.45. The minimum atomic E-state index is -0.521. The van der Waals surface area contributed by atoms with Gasteiger partial charge in [0.05, 0.1) is 12.8 Å². The van der Waals surface area contributed by atoms with E-state index in [0.29, 0.717) is 18.8 Å². The van der Waals surface area contributed by atoms with Crippen molar-refractivity contribution in [1.82, 2.24) is 14.8 Å². The Bertz CT molecular complexity index is 983. The van der Waals surface area contributed by atoms with E-state index in [1.54, 1.807) is 25.4 Å². The summed E-state index contributed by atoms with van der Waals surface area (Å²) in [7, 11) is 1.62. The van der Waals surface area contributed by atoms with Crippen LogP contribution in [0.5, 0.6) is 11.5 Å². The third kappa shape index (κ3) is 5.42. The molecule has 0 bridgehead atoms. The van der Waals surface area contributed by atoms with Gasteiger partial charge in [0, 0.05) is 43.7 Å². The van der Waals surface area contributed by atoms with Crippen LogP contribution < -0.4 is 9.47 Å². The van der Waals surface area contributed by atoms with E-state index in [0.717, 1.165) is 41.6 Å². The summed E-state index contributed by atoms with van der Waals surface area (Å²) in [5.41, 5.74) is 2.24. The maximum atomic E-state index is 12.8. The van der Waals surface area contributed by atoms with E-state index in [-0.39, 0.29) is 5.91 Å². The fraction of sp³-hybridized carbons (Fsp3) is 0.333. The molecule has 1 atom stereocenters. The van der Waals surface area contributed by atoms with Crippen molar-refractivity contribution in [1.29, 1.82) is 0 Å². The number of thiazole rings is 1. The number of rotatable bonds is 7. The molecule has 1 saturated heterocycles. The Labute approximate surface area is 187 Å². The lowest BCUT2D eigenvalue weighted by Gasteiger charge is -2.35. The third-order valence-corrected chi connectivity index (χ3v) is 6.30. The number of hydrogen-bond donors (Lipinski definition) is 0. The largest absolute Gasteiger partial charge is 0.497 e. The highest BCUT2D eigenvalue weighted by atomic mass is 32.1. The lowest BCUT2D eigenvalue weighted by atomic mass is 10.2. The summed E-state index contributed by atoms with van der Waals surface area (Å²) in [6.45, 7) is 5.68. The van der Waals surface area contributed by atoms with Crippen LogP contribution in [0.1, 0.15) is 12.6 Å². The Hall–Kier alpha value is -2.90. The van der Waals surface area contributed by atoms with Crippen molar-refractivity contribution < 1.29 is 14.3 Å². The van der Waals surface area contributed by atoms with Crippen LogP contribution in [0.25, 0.3) is 10.6 Å². The monoisotopic (exact) mass is 437 g/mol. The molecule has 0 spiro atoms. The predicted octanol–water partition coefficient (Wildman–Crippen LogP) is 3.93. The lowest BCUT2D eigenvalue weighted by Crippen LogP contribution is -2.51. The van der Waals surface area contributed by atoms with Gasteiger partial charge >= 0.3 is 0 Å². The van der Waals surface area contributed by atoms with E-state index in [9.17, 15) is 4.79 Å². The van der Waals surface area contributed by atoms with Crippen LogP contribution in [-0.2, 0) is 11.3 Å². The van der Waals surface area contributed by atoms with Crippen molar-refractivity contribution in [3.05, 3.63) is 65.7 Å². The highest BCUT2D eigenvalue weighted by Gasteiger charge is 2.26. The molecule has 0 unspecified atom stereocenters. The predicted molar refractivity (Wildman–Crippen MR) is 122 cm³/mol. The van der Waals surface area contributed by atoms with E-state index in [2.05, 4.69) is 22.4 Å². The molecule has 1 amide bonds. The molecular formula is C24H27N3O3S. The molecule has 4 rings (SSSR count). The molecule has 1 aromatic heterocycles. The molecule has 2 heterocycles. The van der Waals surface area contributed by atoms with Crippen LogP contribution >= 0.6 is 11.3 Å². The molecule has 1 aliphatic rings. The summed E-state index contributed by atoms with van der Waals surface area (Å²) in [6.07, 6.45) is -0.521. The summed E-state index contributed by atoms with van der Waals surface area (Å²) < 4.78 is 11.0. The van der Waals surface area contributed by atoms with Gasteiger partial charge in [0.15, 0.2) is 6.10 Å². The first-order valence-corrected chi connectivity index (χ1v) is 11.3. The second kappa shape index (κ2) is 9.94. The average molecular weight is 438 g/mol. The van der Waals surface area contributed by atoms with Crippen LogP contribution in [0.2, 0.25) is 0 Å². The number of hydrogen-bond acceptors (Lipinski definition) is 6. The number of carbonyl (C=O) groups excluding carboxylic acids is 1. The normalized spacial score (nSPS) is 15.5. The van der Waals surface area contributed by atoms with Crippen molar-refractivity contribution in [3.63, 3.8) is 0 Å². The highest BCUT2D eigenvalue weighted by Crippen LogP contribution is 2.24. The van der Waals surface area contributed by atoms with Crippen molar-refractivity contribution in [2.45, 2.75) is 19.6 Å². The van der Waals surface area contributed by atoms with Gasteiger partial charge in [-0.3, -0.25) is 9.69 Å². The number of amides is 1. The fourth-order valence-corrected chi connectivity index (χ4v) is 4.43. The van der Waals surface area contributed by atoms with Gasteiger partial charge in [-0.15, -0.1) is 11.3 Å². The lowest BCUT2D eigenvalue weighted by molar-refractivity contribution is -0.139. The van der Waals surface area contributed by atoms with Gasteiger partial charge in [0.25, 0.3) is 5.91 Å². The van der Waals surface area contributed by atoms with Gasteiger partial charge in [0.2, 0.25) is 0 Å². The van der Waals surface area contributed by atoms with E-state index in [1.165, 1.54) is 0 Å². The Balaban J connectivity index is 1.26. The van der Waals surface area contributed by atoms with Crippen LogP contribution in [0, 0.1) is 0 Å². The zero-order chi connectivity index (χ0) is 21.6. The second-order valence-corrected chi connectivity index (χ2v) is 8.41. The number of piperazine rings is 1. The van der Waals surface area contributed by atoms with Crippen LogP contribution in [-0.4, -0.2) is 60.1 Å². The van der Waals surface area contributed by atoms with Gasteiger partial charge < -0.3 is 14.4 Å². The maximum Gasteiger partial charge on any atom is 0.263 e. The molecule has 0 saturated carbocycles. The molecule has 0 N–H and O–H groups in total. The number of nitrogens with zero attached hydrogens (tertiary/aromatic N) is 3. The number of benzene rings is 2. The van der Waals surface area contributed by atoms with Crippen LogP contribution in [0.3, 0.4) is 0 Å². The summed E-state index contributed by atoms with van der Waals surface area (Å²) in [4.78, 5) is 21.8. The quantitative estimate of drug-likeness (QED) is 0.561. The van der Waals surface area contributed by atoms with E-state index < -0.39 is 6.10 Å². The van der Waals surface area contributed by atoms with Crippen molar-refractivity contribution in [2.75, 3.05) is 33.3 Å². The number of ether oxygens (including phenoxy) is 2. The molecular weight excluding hydrogens is 410 g/mol. The van der Waals surface area contributed by atoms with E-state index in [1.807, 2.05) is 47.4 Å². The molecule has 3 aromatic rings. The molecule has 6 nitrogen and oxygen atoms in total.